The van der Waals surface area contributed by atoms with Crippen molar-refractivity contribution in [2.45, 2.75) is 44.1 Å². The Hall–Kier alpha value is -1.10. The highest BCUT2D eigenvalue weighted by Crippen LogP contribution is 2.33. The smallest absolute Gasteiger partial charge is 0.305 e. The van der Waals surface area contributed by atoms with Gasteiger partial charge in [0.1, 0.15) is 0 Å². The molecule has 1 heterocycles. The van der Waals surface area contributed by atoms with Gasteiger partial charge in [0.25, 0.3) is 0 Å². The predicted octanol–water partition coefficient (Wildman–Crippen LogP) is 0.500. The third-order valence-electron chi connectivity index (χ3n) is 3.87. The molecule has 2 aliphatic rings. The topological polar surface area (TPSA) is 78.4 Å². The van der Waals surface area contributed by atoms with Crippen LogP contribution in [-0.4, -0.2) is 35.6 Å². The van der Waals surface area contributed by atoms with E-state index in [1.54, 1.807) is 0 Å². The summed E-state index contributed by atoms with van der Waals surface area (Å²) in [6.07, 6.45) is 4.53. The van der Waals surface area contributed by atoms with E-state index in [0.717, 1.165) is 45.2 Å². The second-order valence-electron chi connectivity index (χ2n) is 5.24. The Morgan fingerprint density at radius 3 is 2.59 bits per heavy atom. The standard InChI is InChI=1S/C12H20N2O3/c15-10(16)7-12(4-1-2-5-12)14-11(17)9-3-6-13-8-9/h9,13H,1-8H2,(H,14,17)(H,15,16). The van der Waals surface area contributed by atoms with Crippen LogP contribution in [0, 0.1) is 5.92 Å². The van der Waals surface area contributed by atoms with Crippen molar-refractivity contribution in [3.8, 4) is 0 Å². The van der Waals surface area contributed by atoms with E-state index in [-0.39, 0.29) is 18.2 Å². The van der Waals surface area contributed by atoms with Gasteiger partial charge in [0.2, 0.25) is 5.91 Å². The lowest BCUT2D eigenvalue weighted by Crippen LogP contribution is -2.50. The second-order valence-corrected chi connectivity index (χ2v) is 5.24. The zero-order chi connectivity index (χ0) is 12.3. The molecule has 5 nitrogen and oxygen atoms in total. The largest absolute Gasteiger partial charge is 0.481 e. The molecule has 0 spiro atoms. The van der Waals surface area contributed by atoms with Gasteiger partial charge in [-0.15, -0.1) is 0 Å². The van der Waals surface area contributed by atoms with Gasteiger partial charge in [0.15, 0.2) is 0 Å². The predicted molar refractivity (Wildman–Crippen MR) is 62.6 cm³/mol. The minimum atomic E-state index is -0.822. The lowest BCUT2D eigenvalue weighted by molar-refractivity contribution is -0.139. The maximum Gasteiger partial charge on any atom is 0.305 e. The third kappa shape index (κ3) is 2.97. The van der Waals surface area contributed by atoms with Crippen molar-refractivity contribution in [1.29, 1.82) is 0 Å². The molecule has 0 aromatic rings. The van der Waals surface area contributed by atoms with Gasteiger partial charge in [-0.25, -0.2) is 0 Å². The van der Waals surface area contributed by atoms with Crippen LogP contribution in [0.2, 0.25) is 0 Å². The molecule has 2 fully saturated rings. The third-order valence-corrected chi connectivity index (χ3v) is 3.87. The van der Waals surface area contributed by atoms with E-state index >= 15 is 0 Å². The fraction of sp³-hybridized carbons (Fsp3) is 0.833. The number of rotatable bonds is 4. The molecule has 1 aliphatic heterocycles. The molecule has 1 atom stereocenters. The van der Waals surface area contributed by atoms with Crippen LogP contribution in [0.3, 0.4) is 0 Å². The number of hydrogen-bond acceptors (Lipinski definition) is 3. The number of carboxylic acids is 1. The zero-order valence-corrected chi connectivity index (χ0v) is 10.00. The SMILES string of the molecule is O=C(O)CC1(NC(=O)C2CCNC2)CCCC1. The van der Waals surface area contributed by atoms with Crippen LogP contribution in [0.25, 0.3) is 0 Å². The highest BCUT2D eigenvalue weighted by molar-refractivity contribution is 5.81. The lowest BCUT2D eigenvalue weighted by atomic mass is 9.92. The fourth-order valence-electron chi connectivity index (χ4n) is 2.93. The monoisotopic (exact) mass is 240 g/mol. The van der Waals surface area contributed by atoms with E-state index in [2.05, 4.69) is 10.6 Å². The minimum Gasteiger partial charge on any atom is -0.481 e. The van der Waals surface area contributed by atoms with Crippen molar-refractivity contribution in [3.05, 3.63) is 0 Å². The highest BCUT2D eigenvalue weighted by Gasteiger charge is 2.39. The van der Waals surface area contributed by atoms with Gasteiger partial charge in [0.05, 0.1) is 17.9 Å². The Morgan fingerprint density at radius 2 is 2.06 bits per heavy atom. The van der Waals surface area contributed by atoms with Crippen LogP contribution in [0.5, 0.6) is 0 Å². The second kappa shape index (κ2) is 5.04. The van der Waals surface area contributed by atoms with Gasteiger partial charge in [-0.1, -0.05) is 12.8 Å². The summed E-state index contributed by atoms with van der Waals surface area (Å²) in [5.74, 6) is -0.781. The molecule has 1 aliphatic carbocycles. The molecule has 0 radical (unpaired) electrons. The molecule has 1 unspecified atom stereocenters. The summed E-state index contributed by atoms with van der Waals surface area (Å²) in [5, 5.41) is 15.1. The molecule has 1 saturated heterocycles. The van der Waals surface area contributed by atoms with Crippen molar-refractivity contribution < 1.29 is 14.7 Å². The van der Waals surface area contributed by atoms with Crippen LogP contribution >= 0.6 is 0 Å². The fourth-order valence-corrected chi connectivity index (χ4v) is 2.93. The molecule has 5 heteroatoms. The van der Waals surface area contributed by atoms with E-state index in [1.165, 1.54) is 0 Å². The summed E-state index contributed by atoms with van der Waals surface area (Å²) in [7, 11) is 0. The number of carbonyl (C=O) groups excluding carboxylic acids is 1. The van der Waals surface area contributed by atoms with Gasteiger partial charge < -0.3 is 15.7 Å². The number of amides is 1. The molecular formula is C12H20N2O3. The number of hydrogen-bond donors (Lipinski definition) is 3. The summed E-state index contributed by atoms with van der Waals surface area (Å²) in [6.45, 7) is 1.60. The Kier molecular flexibility index (Phi) is 3.66. The summed E-state index contributed by atoms with van der Waals surface area (Å²) in [4.78, 5) is 22.9. The Morgan fingerprint density at radius 1 is 1.35 bits per heavy atom. The first-order valence-electron chi connectivity index (χ1n) is 6.36. The summed E-state index contributed by atoms with van der Waals surface area (Å²) in [5.41, 5.74) is -0.481. The summed E-state index contributed by atoms with van der Waals surface area (Å²) < 4.78 is 0. The molecule has 0 bridgehead atoms. The maximum absolute atomic E-state index is 12.0. The van der Waals surface area contributed by atoms with Crippen LogP contribution in [0.4, 0.5) is 0 Å². The molecule has 3 N–H and O–H groups in total. The van der Waals surface area contributed by atoms with Crippen molar-refractivity contribution in [3.63, 3.8) is 0 Å². The average Bonchev–Trinajstić information content (AvgIpc) is 2.86. The van der Waals surface area contributed by atoms with Crippen LogP contribution in [0.15, 0.2) is 0 Å². The van der Waals surface area contributed by atoms with Gasteiger partial charge in [-0.3, -0.25) is 9.59 Å². The Labute approximate surface area is 101 Å². The Balaban J connectivity index is 1.97. The van der Waals surface area contributed by atoms with Crippen molar-refractivity contribution in [2.24, 2.45) is 5.92 Å². The van der Waals surface area contributed by atoms with E-state index in [4.69, 9.17) is 5.11 Å². The first-order chi connectivity index (χ1) is 8.11. The normalized spacial score (nSPS) is 26.9. The van der Waals surface area contributed by atoms with Crippen molar-refractivity contribution in [2.75, 3.05) is 13.1 Å². The minimum absolute atomic E-state index is 0.0151. The van der Waals surface area contributed by atoms with Crippen LogP contribution in [0.1, 0.15) is 38.5 Å². The maximum atomic E-state index is 12.0. The van der Waals surface area contributed by atoms with E-state index < -0.39 is 11.5 Å². The van der Waals surface area contributed by atoms with Crippen molar-refractivity contribution in [1.82, 2.24) is 10.6 Å². The summed E-state index contributed by atoms with van der Waals surface area (Å²) >= 11 is 0. The summed E-state index contributed by atoms with van der Waals surface area (Å²) in [6, 6.07) is 0. The van der Waals surface area contributed by atoms with E-state index in [1.807, 2.05) is 0 Å². The van der Waals surface area contributed by atoms with Crippen LogP contribution in [-0.2, 0) is 9.59 Å². The molecule has 96 valence electrons. The number of carboxylic acid groups (broad SMARTS) is 1. The Bertz CT molecular complexity index is 305. The van der Waals surface area contributed by atoms with Crippen molar-refractivity contribution >= 4 is 11.9 Å². The number of nitrogens with one attached hydrogen (secondary N) is 2. The quantitative estimate of drug-likeness (QED) is 0.668. The molecule has 1 amide bonds. The number of aliphatic carboxylic acids is 1. The molecule has 17 heavy (non-hydrogen) atoms. The lowest BCUT2D eigenvalue weighted by Gasteiger charge is -2.30. The molecule has 1 saturated carbocycles. The van der Waals surface area contributed by atoms with E-state index in [0.29, 0.717) is 0 Å². The number of carbonyl (C=O) groups is 2. The molecule has 0 aromatic heterocycles. The first-order valence-corrected chi connectivity index (χ1v) is 6.36. The van der Waals surface area contributed by atoms with Gasteiger partial charge in [0, 0.05) is 6.54 Å². The average molecular weight is 240 g/mol. The van der Waals surface area contributed by atoms with Crippen LogP contribution < -0.4 is 10.6 Å². The van der Waals surface area contributed by atoms with Gasteiger partial charge >= 0.3 is 5.97 Å². The molecule has 0 aromatic carbocycles. The van der Waals surface area contributed by atoms with Gasteiger partial charge in [-0.05, 0) is 25.8 Å². The van der Waals surface area contributed by atoms with E-state index in [9.17, 15) is 9.59 Å². The first kappa shape index (κ1) is 12.4. The highest BCUT2D eigenvalue weighted by atomic mass is 16.4. The molecular weight excluding hydrogens is 220 g/mol. The molecule has 2 rings (SSSR count). The zero-order valence-electron chi connectivity index (χ0n) is 10.00. The van der Waals surface area contributed by atoms with Gasteiger partial charge in [-0.2, -0.15) is 0 Å².